The Morgan fingerprint density at radius 2 is 2.15 bits per heavy atom. The van der Waals surface area contributed by atoms with Crippen LogP contribution in [-0.2, 0) is 4.74 Å². The molecule has 1 saturated carbocycles. The number of ether oxygens (including phenoxy) is 2. The highest BCUT2D eigenvalue weighted by molar-refractivity contribution is 5.37. The first-order valence-electron chi connectivity index (χ1n) is 7.64. The highest BCUT2D eigenvalue weighted by Gasteiger charge is 2.41. The van der Waals surface area contributed by atoms with Crippen LogP contribution in [0.1, 0.15) is 31.4 Å². The number of rotatable bonds is 5. The molecule has 2 aliphatic rings. The van der Waals surface area contributed by atoms with Crippen molar-refractivity contribution >= 4 is 0 Å². The summed E-state index contributed by atoms with van der Waals surface area (Å²) in [5, 5.41) is 0. The molecule has 1 aliphatic heterocycles. The molecule has 1 aliphatic carbocycles. The maximum absolute atomic E-state index is 5.95. The van der Waals surface area contributed by atoms with Gasteiger partial charge in [-0.3, -0.25) is 4.90 Å². The van der Waals surface area contributed by atoms with Gasteiger partial charge in [-0.2, -0.15) is 0 Å². The Morgan fingerprint density at radius 1 is 1.35 bits per heavy atom. The van der Waals surface area contributed by atoms with Crippen LogP contribution in [0.4, 0.5) is 0 Å². The van der Waals surface area contributed by atoms with E-state index in [4.69, 9.17) is 15.2 Å². The average Bonchev–Trinajstić information content (AvgIpc) is 3.32. The molecule has 1 saturated heterocycles. The minimum Gasteiger partial charge on any atom is -0.494 e. The Hall–Kier alpha value is -1.10. The lowest BCUT2D eigenvalue weighted by Crippen LogP contribution is -2.49. The fourth-order valence-electron chi connectivity index (χ4n) is 3.16. The van der Waals surface area contributed by atoms with Gasteiger partial charge in [0.15, 0.2) is 0 Å². The maximum Gasteiger partial charge on any atom is 0.124 e. The molecule has 110 valence electrons. The predicted octanol–water partition coefficient (Wildman–Crippen LogP) is 1.95. The molecule has 0 amide bonds. The van der Waals surface area contributed by atoms with Crippen molar-refractivity contribution in [2.24, 2.45) is 5.73 Å². The average molecular weight is 276 g/mol. The first-order chi connectivity index (χ1) is 9.85. The first kappa shape index (κ1) is 13.9. The Kier molecular flexibility index (Phi) is 4.24. The van der Waals surface area contributed by atoms with Crippen LogP contribution in [0.5, 0.6) is 5.75 Å². The Balaban J connectivity index is 1.93. The third-order valence-corrected chi connectivity index (χ3v) is 4.18. The van der Waals surface area contributed by atoms with Gasteiger partial charge in [0, 0.05) is 24.7 Å². The van der Waals surface area contributed by atoms with Crippen LogP contribution in [0.3, 0.4) is 0 Å². The van der Waals surface area contributed by atoms with Crippen molar-refractivity contribution in [2.75, 3.05) is 26.3 Å². The summed E-state index contributed by atoms with van der Waals surface area (Å²) in [7, 11) is 0. The van der Waals surface area contributed by atoms with Crippen molar-refractivity contribution in [2.45, 2.75) is 38.0 Å². The molecule has 2 unspecified atom stereocenters. The lowest BCUT2D eigenvalue weighted by Gasteiger charge is -2.41. The highest BCUT2D eigenvalue weighted by atomic mass is 16.5. The summed E-state index contributed by atoms with van der Waals surface area (Å²) in [5.74, 6) is 0.967. The zero-order chi connectivity index (χ0) is 13.9. The number of morpholine rings is 1. The maximum atomic E-state index is 5.95. The van der Waals surface area contributed by atoms with Crippen molar-refractivity contribution in [3.05, 3.63) is 29.8 Å². The van der Waals surface area contributed by atoms with Crippen molar-refractivity contribution < 1.29 is 9.47 Å². The van der Waals surface area contributed by atoms with Gasteiger partial charge in [0.2, 0.25) is 0 Å². The minimum atomic E-state index is 0.0611. The summed E-state index contributed by atoms with van der Waals surface area (Å²) in [6, 6.07) is 9.23. The normalized spacial score (nSPS) is 27.5. The van der Waals surface area contributed by atoms with Gasteiger partial charge in [-0.15, -0.1) is 0 Å². The highest BCUT2D eigenvalue weighted by Crippen LogP contribution is 2.41. The number of nitrogens with two attached hydrogens (primary N) is 1. The monoisotopic (exact) mass is 276 g/mol. The molecule has 2 N–H and O–H groups in total. The van der Waals surface area contributed by atoms with Crippen LogP contribution < -0.4 is 10.5 Å². The fourth-order valence-corrected chi connectivity index (χ4v) is 3.16. The lowest BCUT2D eigenvalue weighted by atomic mass is 9.96. The van der Waals surface area contributed by atoms with Crippen molar-refractivity contribution in [3.63, 3.8) is 0 Å². The largest absolute Gasteiger partial charge is 0.494 e. The molecular weight excluding hydrogens is 252 g/mol. The second-order valence-corrected chi connectivity index (χ2v) is 5.53. The van der Waals surface area contributed by atoms with Gasteiger partial charge in [0.25, 0.3) is 0 Å². The van der Waals surface area contributed by atoms with Crippen LogP contribution in [0.25, 0.3) is 0 Å². The van der Waals surface area contributed by atoms with E-state index in [-0.39, 0.29) is 12.1 Å². The number of benzene rings is 1. The van der Waals surface area contributed by atoms with Crippen LogP contribution in [0, 0.1) is 0 Å². The van der Waals surface area contributed by atoms with Crippen LogP contribution in [-0.4, -0.2) is 43.3 Å². The van der Waals surface area contributed by atoms with Crippen molar-refractivity contribution in [1.82, 2.24) is 4.90 Å². The van der Waals surface area contributed by atoms with E-state index >= 15 is 0 Å². The van der Waals surface area contributed by atoms with Gasteiger partial charge >= 0.3 is 0 Å². The second-order valence-electron chi connectivity index (χ2n) is 5.53. The summed E-state index contributed by atoms with van der Waals surface area (Å²) in [6.45, 7) is 5.03. The Labute approximate surface area is 120 Å². The van der Waals surface area contributed by atoms with E-state index in [1.807, 2.05) is 19.1 Å². The van der Waals surface area contributed by atoms with E-state index in [0.717, 1.165) is 18.9 Å². The minimum absolute atomic E-state index is 0.0611. The Bertz CT molecular complexity index is 448. The summed E-state index contributed by atoms with van der Waals surface area (Å²) in [5.41, 5.74) is 7.16. The molecule has 4 heteroatoms. The summed E-state index contributed by atoms with van der Waals surface area (Å²) >= 11 is 0. The quantitative estimate of drug-likeness (QED) is 0.893. The Morgan fingerprint density at radius 3 is 2.85 bits per heavy atom. The van der Waals surface area contributed by atoms with E-state index in [2.05, 4.69) is 17.0 Å². The number of hydrogen-bond acceptors (Lipinski definition) is 4. The summed E-state index contributed by atoms with van der Waals surface area (Å²) < 4.78 is 11.7. The number of para-hydroxylation sites is 1. The van der Waals surface area contributed by atoms with Crippen molar-refractivity contribution in [3.8, 4) is 5.75 Å². The molecule has 2 atom stereocenters. The zero-order valence-corrected chi connectivity index (χ0v) is 12.1. The molecule has 0 spiro atoms. The van der Waals surface area contributed by atoms with Gasteiger partial charge < -0.3 is 15.2 Å². The van der Waals surface area contributed by atoms with E-state index < -0.39 is 0 Å². The third-order valence-electron chi connectivity index (χ3n) is 4.18. The molecule has 3 rings (SSSR count). The molecule has 1 aromatic rings. The van der Waals surface area contributed by atoms with Gasteiger partial charge in [-0.25, -0.2) is 0 Å². The van der Waals surface area contributed by atoms with Crippen LogP contribution >= 0.6 is 0 Å². The zero-order valence-electron chi connectivity index (χ0n) is 12.1. The number of nitrogens with zero attached hydrogens (tertiary/aromatic N) is 1. The molecule has 0 aromatic heterocycles. The van der Waals surface area contributed by atoms with E-state index in [0.29, 0.717) is 19.2 Å². The molecule has 0 radical (unpaired) electrons. The van der Waals surface area contributed by atoms with Gasteiger partial charge in [-0.05, 0) is 25.8 Å². The molecule has 1 aromatic carbocycles. The predicted molar refractivity (Wildman–Crippen MR) is 78.9 cm³/mol. The van der Waals surface area contributed by atoms with E-state index in [9.17, 15) is 0 Å². The summed E-state index contributed by atoms with van der Waals surface area (Å²) in [6.07, 6.45) is 2.65. The molecule has 4 nitrogen and oxygen atoms in total. The molecule has 2 fully saturated rings. The van der Waals surface area contributed by atoms with E-state index in [1.54, 1.807) is 0 Å². The fraction of sp³-hybridized carbons (Fsp3) is 0.625. The topological polar surface area (TPSA) is 47.7 Å². The van der Waals surface area contributed by atoms with Crippen LogP contribution in [0.15, 0.2) is 24.3 Å². The third kappa shape index (κ3) is 2.68. The second kappa shape index (κ2) is 6.12. The standard InChI is InChI=1S/C16H24N2O2/c1-2-19-14-6-4-3-5-13(14)16-15(11-17)20-10-9-18(16)12-7-8-12/h3-6,12,15-16H,2,7-11,17H2,1H3. The van der Waals surface area contributed by atoms with Gasteiger partial charge in [0.1, 0.15) is 5.75 Å². The van der Waals surface area contributed by atoms with Crippen LogP contribution in [0.2, 0.25) is 0 Å². The van der Waals surface area contributed by atoms with Gasteiger partial charge in [-0.1, -0.05) is 18.2 Å². The molecule has 0 bridgehead atoms. The lowest BCUT2D eigenvalue weighted by molar-refractivity contribution is -0.0719. The number of hydrogen-bond donors (Lipinski definition) is 1. The first-order valence-corrected chi connectivity index (χ1v) is 7.64. The molecule has 1 heterocycles. The SMILES string of the molecule is CCOc1ccccc1C1C(CN)OCCN1C1CC1. The summed E-state index contributed by atoms with van der Waals surface area (Å²) in [4.78, 5) is 2.57. The smallest absolute Gasteiger partial charge is 0.124 e. The molecular formula is C16H24N2O2. The molecule has 20 heavy (non-hydrogen) atoms. The van der Waals surface area contributed by atoms with Gasteiger partial charge in [0.05, 0.1) is 25.4 Å². The van der Waals surface area contributed by atoms with Crippen molar-refractivity contribution in [1.29, 1.82) is 0 Å². The van der Waals surface area contributed by atoms with E-state index in [1.165, 1.54) is 18.4 Å².